The van der Waals surface area contributed by atoms with Crippen LogP contribution in [0.3, 0.4) is 0 Å². The van der Waals surface area contributed by atoms with Crippen molar-refractivity contribution in [3.8, 4) is 5.75 Å². The number of rotatable bonds is 7. The minimum absolute atomic E-state index is 0.180. The maximum Gasteiger partial charge on any atom is 0.307 e. The highest BCUT2D eigenvalue weighted by Crippen LogP contribution is 2.31. The van der Waals surface area contributed by atoms with E-state index in [1.54, 1.807) is 19.4 Å². The number of anilines is 1. The predicted octanol–water partition coefficient (Wildman–Crippen LogP) is 5.58. The number of halogens is 2. The molecular weight excluding hydrogens is 502 g/mol. The van der Waals surface area contributed by atoms with Crippen molar-refractivity contribution in [1.29, 1.82) is 0 Å². The number of amides is 1. The standard InChI is InChI=1S/C21H21Br2N3O3/c1-4-26(5-2)16-7-6-13(18(11-16)28-3)12-24-25-21(27)19-9-14-8-15(22)10-17(23)20(14)29-19/h6-12H,4-5H2,1-3H3,(H,25,27)/b24-12-. The van der Waals surface area contributed by atoms with Crippen LogP contribution in [0, 0.1) is 0 Å². The number of hydrogen-bond acceptors (Lipinski definition) is 5. The summed E-state index contributed by atoms with van der Waals surface area (Å²) in [7, 11) is 1.61. The first kappa shape index (κ1) is 21.4. The summed E-state index contributed by atoms with van der Waals surface area (Å²) in [6.07, 6.45) is 1.55. The third-order valence-electron chi connectivity index (χ3n) is 4.47. The number of methoxy groups -OCH3 is 1. The van der Waals surface area contributed by atoms with Crippen LogP contribution in [0.5, 0.6) is 5.75 Å². The van der Waals surface area contributed by atoms with Crippen molar-refractivity contribution >= 4 is 60.6 Å². The van der Waals surface area contributed by atoms with Crippen molar-refractivity contribution in [2.45, 2.75) is 13.8 Å². The molecule has 0 spiro atoms. The molecule has 0 atom stereocenters. The molecule has 0 saturated heterocycles. The molecule has 0 fully saturated rings. The molecule has 0 saturated carbocycles. The smallest absolute Gasteiger partial charge is 0.307 e. The fourth-order valence-electron chi connectivity index (χ4n) is 3.00. The SMILES string of the molecule is CCN(CC)c1ccc(/C=N\NC(=O)c2cc3cc(Br)cc(Br)c3o2)c(OC)c1. The zero-order valence-corrected chi connectivity index (χ0v) is 19.5. The van der Waals surface area contributed by atoms with E-state index >= 15 is 0 Å². The van der Waals surface area contributed by atoms with E-state index in [2.05, 4.69) is 61.1 Å². The molecule has 0 aliphatic heterocycles. The number of furan rings is 1. The van der Waals surface area contributed by atoms with Gasteiger partial charge in [0.2, 0.25) is 0 Å². The van der Waals surface area contributed by atoms with Gasteiger partial charge in [0.1, 0.15) is 11.3 Å². The second-order valence-corrected chi connectivity index (χ2v) is 7.98. The Labute approximate surface area is 186 Å². The highest BCUT2D eigenvalue weighted by molar-refractivity contribution is 9.11. The van der Waals surface area contributed by atoms with Crippen LogP contribution in [0.25, 0.3) is 11.0 Å². The zero-order chi connectivity index (χ0) is 21.0. The molecule has 0 aliphatic rings. The van der Waals surface area contributed by atoms with Crippen molar-refractivity contribution in [3.05, 3.63) is 56.7 Å². The van der Waals surface area contributed by atoms with Gasteiger partial charge < -0.3 is 14.1 Å². The molecule has 0 aliphatic carbocycles. The summed E-state index contributed by atoms with van der Waals surface area (Å²) in [5.41, 5.74) is 4.94. The molecule has 3 rings (SSSR count). The summed E-state index contributed by atoms with van der Waals surface area (Å²) in [6, 6.07) is 11.3. The second-order valence-electron chi connectivity index (χ2n) is 6.21. The summed E-state index contributed by atoms with van der Waals surface area (Å²) in [4.78, 5) is 14.6. The Kier molecular flexibility index (Phi) is 6.97. The van der Waals surface area contributed by atoms with Crippen LogP contribution in [-0.2, 0) is 0 Å². The number of nitrogens with one attached hydrogen (secondary N) is 1. The molecule has 1 heterocycles. The van der Waals surface area contributed by atoms with E-state index in [1.165, 1.54) is 0 Å². The number of nitrogens with zero attached hydrogens (tertiary/aromatic N) is 2. The maximum absolute atomic E-state index is 12.4. The predicted molar refractivity (Wildman–Crippen MR) is 123 cm³/mol. The lowest BCUT2D eigenvalue weighted by Crippen LogP contribution is -2.21. The highest BCUT2D eigenvalue weighted by atomic mass is 79.9. The minimum atomic E-state index is -0.431. The van der Waals surface area contributed by atoms with Crippen LogP contribution in [0.2, 0.25) is 0 Å². The van der Waals surface area contributed by atoms with E-state index in [-0.39, 0.29) is 5.76 Å². The molecule has 1 N–H and O–H groups in total. The normalized spacial score (nSPS) is 11.2. The molecular formula is C21H21Br2N3O3. The average Bonchev–Trinajstić information content (AvgIpc) is 3.14. The van der Waals surface area contributed by atoms with E-state index in [1.807, 2.05) is 30.3 Å². The maximum atomic E-state index is 12.4. The van der Waals surface area contributed by atoms with Gasteiger partial charge in [0.15, 0.2) is 5.76 Å². The van der Waals surface area contributed by atoms with Gasteiger partial charge in [-0.15, -0.1) is 0 Å². The first-order valence-electron chi connectivity index (χ1n) is 9.11. The highest BCUT2D eigenvalue weighted by Gasteiger charge is 2.14. The first-order valence-corrected chi connectivity index (χ1v) is 10.7. The van der Waals surface area contributed by atoms with Crippen molar-refractivity contribution < 1.29 is 13.9 Å². The van der Waals surface area contributed by atoms with E-state index in [0.29, 0.717) is 11.3 Å². The largest absolute Gasteiger partial charge is 0.496 e. The molecule has 0 unspecified atom stereocenters. The number of benzene rings is 2. The molecule has 152 valence electrons. The van der Waals surface area contributed by atoms with Crippen molar-refractivity contribution in [1.82, 2.24) is 5.43 Å². The molecule has 1 aromatic heterocycles. The van der Waals surface area contributed by atoms with Gasteiger partial charge in [0.25, 0.3) is 0 Å². The molecule has 29 heavy (non-hydrogen) atoms. The minimum Gasteiger partial charge on any atom is -0.496 e. The lowest BCUT2D eigenvalue weighted by atomic mass is 10.2. The van der Waals surface area contributed by atoms with Crippen LogP contribution < -0.4 is 15.1 Å². The van der Waals surface area contributed by atoms with E-state index in [0.717, 1.165) is 38.7 Å². The van der Waals surface area contributed by atoms with Gasteiger partial charge in [-0.05, 0) is 60.1 Å². The Balaban J connectivity index is 1.75. The molecule has 2 aromatic carbocycles. The van der Waals surface area contributed by atoms with Gasteiger partial charge in [-0.2, -0.15) is 5.10 Å². The summed E-state index contributed by atoms with van der Waals surface area (Å²) >= 11 is 6.86. The van der Waals surface area contributed by atoms with Crippen molar-refractivity contribution in [2.24, 2.45) is 5.10 Å². The summed E-state index contributed by atoms with van der Waals surface area (Å²) in [5, 5.41) is 4.87. The van der Waals surface area contributed by atoms with Gasteiger partial charge in [0, 0.05) is 40.3 Å². The Bertz CT molecular complexity index is 1060. The molecule has 8 heteroatoms. The zero-order valence-electron chi connectivity index (χ0n) is 16.3. The van der Waals surface area contributed by atoms with Gasteiger partial charge in [-0.3, -0.25) is 4.79 Å². The van der Waals surface area contributed by atoms with Crippen LogP contribution in [-0.4, -0.2) is 32.3 Å². The third kappa shape index (κ3) is 4.82. The number of hydrazone groups is 1. The fraction of sp³-hybridized carbons (Fsp3) is 0.238. The van der Waals surface area contributed by atoms with Crippen LogP contribution >= 0.6 is 31.9 Å². The lowest BCUT2D eigenvalue weighted by molar-refractivity contribution is 0.0929. The van der Waals surface area contributed by atoms with Gasteiger partial charge in [-0.25, -0.2) is 5.43 Å². The quantitative estimate of drug-likeness (QED) is 0.325. The van der Waals surface area contributed by atoms with E-state index in [4.69, 9.17) is 9.15 Å². The van der Waals surface area contributed by atoms with E-state index in [9.17, 15) is 4.79 Å². The Hall–Kier alpha value is -2.32. The number of ether oxygens (including phenoxy) is 1. The number of carbonyl (C=O) groups excluding carboxylic acids is 1. The summed E-state index contributed by atoms with van der Waals surface area (Å²) < 4.78 is 12.8. The molecule has 6 nitrogen and oxygen atoms in total. The monoisotopic (exact) mass is 521 g/mol. The molecule has 3 aromatic rings. The lowest BCUT2D eigenvalue weighted by Gasteiger charge is -2.21. The second kappa shape index (κ2) is 9.45. The third-order valence-corrected chi connectivity index (χ3v) is 5.52. The average molecular weight is 523 g/mol. The molecule has 0 radical (unpaired) electrons. The Morgan fingerprint density at radius 1 is 1.21 bits per heavy atom. The molecule has 1 amide bonds. The number of fused-ring (bicyclic) bond motifs is 1. The van der Waals surface area contributed by atoms with Crippen LogP contribution in [0.15, 0.2) is 54.9 Å². The van der Waals surface area contributed by atoms with Crippen LogP contribution in [0.1, 0.15) is 30.0 Å². The fourth-order valence-corrected chi connectivity index (χ4v) is 4.33. The van der Waals surface area contributed by atoms with Crippen molar-refractivity contribution in [2.75, 3.05) is 25.1 Å². The van der Waals surface area contributed by atoms with Gasteiger partial charge in [-0.1, -0.05) is 15.9 Å². The topological polar surface area (TPSA) is 67.1 Å². The molecule has 0 bridgehead atoms. The number of hydrogen-bond donors (Lipinski definition) is 1. The van der Waals surface area contributed by atoms with E-state index < -0.39 is 5.91 Å². The first-order chi connectivity index (χ1) is 14.0. The Morgan fingerprint density at radius 2 is 1.97 bits per heavy atom. The Morgan fingerprint density at radius 3 is 2.66 bits per heavy atom. The number of carbonyl (C=O) groups is 1. The van der Waals surface area contributed by atoms with Crippen molar-refractivity contribution in [3.63, 3.8) is 0 Å². The summed E-state index contributed by atoms with van der Waals surface area (Å²) in [6.45, 7) is 6.03. The van der Waals surface area contributed by atoms with Gasteiger partial charge in [0.05, 0.1) is 17.8 Å². The summed E-state index contributed by atoms with van der Waals surface area (Å²) in [5.74, 6) is 0.434. The van der Waals surface area contributed by atoms with Gasteiger partial charge >= 0.3 is 5.91 Å². The van der Waals surface area contributed by atoms with Crippen LogP contribution in [0.4, 0.5) is 5.69 Å².